The first kappa shape index (κ1) is 13.2. The number of hydrogen-bond acceptors (Lipinski definition) is 3. The molecule has 0 amide bonds. The van der Waals surface area contributed by atoms with Gasteiger partial charge in [-0.15, -0.1) is 12.4 Å². The van der Waals surface area contributed by atoms with Crippen molar-refractivity contribution >= 4 is 25.6 Å². The number of hydrogen-bond donors (Lipinski definition) is 3. The molecule has 0 aliphatic rings. The van der Waals surface area contributed by atoms with Gasteiger partial charge in [0.15, 0.2) is 0 Å². The van der Waals surface area contributed by atoms with E-state index in [-0.39, 0.29) is 12.4 Å². The summed E-state index contributed by atoms with van der Waals surface area (Å²) in [7, 11) is -1.39. The van der Waals surface area contributed by atoms with Gasteiger partial charge in [-0.1, -0.05) is 36.3 Å². The molecule has 3 nitrogen and oxygen atoms in total. The molecule has 0 aliphatic carbocycles. The van der Waals surface area contributed by atoms with Gasteiger partial charge in [-0.05, 0) is 11.1 Å². The molecule has 0 radical (unpaired) electrons. The Balaban J connectivity index is 0.00000169. The van der Waals surface area contributed by atoms with Crippen LogP contribution >= 0.6 is 12.4 Å². The fourth-order valence-electron chi connectivity index (χ4n) is 0.962. The molecule has 0 saturated carbocycles. The summed E-state index contributed by atoms with van der Waals surface area (Å²) < 4.78 is 0. The molecule has 1 aromatic carbocycles. The average Bonchev–Trinajstić information content (AvgIpc) is 2.15. The van der Waals surface area contributed by atoms with Gasteiger partial charge in [-0.2, -0.15) is 0 Å². The van der Waals surface area contributed by atoms with Crippen molar-refractivity contribution in [1.29, 1.82) is 0 Å². The third kappa shape index (κ3) is 4.44. The van der Waals surface area contributed by atoms with Crippen LogP contribution in [-0.2, 0) is 6.54 Å². The molecule has 0 fully saturated rings. The fraction of sp³-hybridized carbons (Fsp3) is 0.111. The van der Waals surface area contributed by atoms with Gasteiger partial charge >= 0.3 is 7.12 Å². The van der Waals surface area contributed by atoms with Crippen molar-refractivity contribution in [2.75, 3.05) is 0 Å². The first-order valence-electron chi connectivity index (χ1n) is 4.05. The van der Waals surface area contributed by atoms with Gasteiger partial charge in [0, 0.05) is 6.54 Å². The lowest BCUT2D eigenvalue weighted by molar-refractivity contribution is 0.424. The van der Waals surface area contributed by atoms with E-state index >= 15 is 0 Å². The summed E-state index contributed by atoms with van der Waals surface area (Å²) in [4.78, 5) is 0. The summed E-state index contributed by atoms with van der Waals surface area (Å²) in [5.41, 5.74) is 7.40. The maximum Gasteiger partial charge on any atom is 0.480 e. The molecule has 0 saturated heterocycles. The van der Waals surface area contributed by atoms with E-state index in [0.29, 0.717) is 6.54 Å². The van der Waals surface area contributed by atoms with Crippen LogP contribution < -0.4 is 5.73 Å². The quantitative estimate of drug-likeness (QED) is 0.644. The molecule has 1 rings (SSSR count). The summed E-state index contributed by atoms with van der Waals surface area (Å²) >= 11 is 0. The molecular weight excluding hydrogens is 200 g/mol. The van der Waals surface area contributed by atoms with Crippen LogP contribution in [0.15, 0.2) is 30.2 Å². The highest BCUT2D eigenvalue weighted by Gasteiger charge is 1.97. The van der Waals surface area contributed by atoms with Gasteiger partial charge in [0.25, 0.3) is 0 Å². The second-order valence-corrected chi connectivity index (χ2v) is 2.72. The van der Waals surface area contributed by atoms with Gasteiger partial charge in [0.1, 0.15) is 0 Å². The normalized spacial score (nSPS) is 9.93. The molecule has 0 bridgehead atoms. The van der Waals surface area contributed by atoms with Crippen LogP contribution in [0.5, 0.6) is 0 Å². The molecule has 1 aromatic rings. The Morgan fingerprint density at radius 1 is 1.21 bits per heavy atom. The van der Waals surface area contributed by atoms with Crippen molar-refractivity contribution < 1.29 is 10.0 Å². The average molecular weight is 213 g/mol. The van der Waals surface area contributed by atoms with Crippen LogP contribution in [0, 0.1) is 0 Å². The Bertz CT molecular complexity index is 287. The van der Waals surface area contributed by atoms with Crippen LogP contribution in [0.3, 0.4) is 0 Å². The number of nitrogens with two attached hydrogens (primary N) is 1. The summed E-state index contributed by atoms with van der Waals surface area (Å²) in [6.07, 6.45) is 1.64. The highest BCUT2D eigenvalue weighted by Crippen LogP contribution is 2.05. The summed E-state index contributed by atoms with van der Waals surface area (Å²) in [6, 6.07) is 7.56. The topological polar surface area (TPSA) is 66.5 Å². The summed E-state index contributed by atoms with van der Waals surface area (Å²) in [5.74, 6) is 1.30. The highest BCUT2D eigenvalue weighted by molar-refractivity contribution is 6.48. The monoisotopic (exact) mass is 213 g/mol. The third-order valence-corrected chi connectivity index (χ3v) is 1.68. The Hall–Kier alpha value is -0.805. The molecule has 0 unspecified atom stereocenters. The molecule has 0 spiro atoms. The van der Waals surface area contributed by atoms with Gasteiger partial charge in [0.05, 0.1) is 0 Å². The summed E-state index contributed by atoms with van der Waals surface area (Å²) in [6.45, 7) is 0.520. The predicted molar refractivity (Wildman–Crippen MR) is 60.8 cm³/mol. The maximum atomic E-state index is 8.56. The van der Waals surface area contributed by atoms with Crippen molar-refractivity contribution in [3.8, 4) is 0 Å². The van der Waals surface area contributed by atoms with Crippen molar-refractivity contribution in [3.05, 3.63) is 41.4 Å². The van der Waals surface area contributed by atoms with Crippen molar-refractivity contribution in [1.82, 2.24) is 0 Å². The molecule has 0 atom stereocenters. The zero-order chi connectivity index (χ0) is 9.68. The van der Waals surface area contributed by atoms with E-state index in [0.717, 1.165) is 11.1 Å². The van der Waals surface area contributed by atoms with Crippen LogP contribution in [-0.4, -0.2) is 17.2 Å². The molecule has 0 heterocycles. The Morgan fingerprint density at radius 2 is 1.79 bits per heavy atom. The molecule has 5 heteroatoms. The molecule has 4 N–H and O–H groups in total. The zero-order valence-corrected chi connectivity index (χ0v) is 8.45. The van der Waals surface area contributed by atoms with E-state index in [4.69, 9.17) is 15.8 Å². The lowest BCUT2D eigenvalue weighted by atomic mass is 9.91. The SMILES string of the molecule is Cl.NCc1ccc(/C=C/B(O)O)cc1. The third-order valence-electron chi connectivity index (χ3n) is 1.68. The van der Waals surface area contributed by atoms with Crippen molar-refractivity contribution in [2.45, 2.75) is 6.54 Å². The van der Waals surface area contributed by atoms with E-state index < -0.39 is 7.12 Å². The zero-order valence-electron chi connectivity index (χ0n) is 7.63. The molecular formula is C9H13BClNO2. The highest BCUT2D eigenvalue weighted by atomic mass is 35.5. The predicted octanol–water partition coefficient (Wildman–Crippen LogP) is 0.592. The summed E-state index contributed by atoms with van der Waals surface area (Å²) in [5, 5.41) is 17.1. The standard InChI is InChI=1S/C9H12BNO2.ClH/c11-7-9-3-1-8(2-4-9)5-6-10(12)13;/h1-6,12-13H,7,11H2;1H/b6-5+;. The van der Waals surface area contributed by atoms with Gasteiger partial charge in [-0.25, -0.2) is 0 Å². The van der Waals surface area contributed by atoms with Crippen molar-refractivity contribution in [3.63, 3.8) is 0 Å². The van der Waals surface area contributed by atoms with Crippen LogP contribution in [0.1, 0.15) is 11.1 Å². The molecule has 0 aromatic heterocycles. The lowest BCUT2D eigenvalue weighted by Crippen LogP contribution is -2.05. The minimum atomic E-state index is -1.39. The number of benzene rings is 1. The van der Waals surface area contributed by atoms with Crippen LogP contribution in [0.4, 0.5) is 0 Å². The molecule has 14 heavy (non-hydrogen) atoms. The van der Waals surface area contributed by atoms with Gasteiger partial charge in [0.2, 0.25) is 0 Å². The first-order chi connectivity index (χ1) is 6.22. The molecule has 0 aliphatic heterocycles. The van der Waals surface area contributed by atoms with Gasteiger partial charge in [-0.3, -0.25) is 0 Å². The molecule has 76 valence electrons. The van der Waals surface area contributed by atoms with E-state index in [9.17, 15) is 0 Å². The Labute approximate surface area is 89.8 Å². The van der Waals surface area contributed by atoms with Crippen LogP contribution in [0.25, 0.3) is 6.08 Å². The maximum absolute atomic E-state index is 8.56. The number of halogens is 1. The Kier molecular flexibility index (Phi) is 6.24. The number of rotatable bonds is 3. The van der Waals surface area contributed by atoms with E-state index in [1.165, 1.54) is 5.98 Å². The lowest BCUT2D eigenvalue weighted by Gasteiger charge is -1.96. The van der Waals surface area contributed by atoms with E-state index in [1.807, 2.05) is 24.3 Å². The minimum absolute atomic E-state index is 0. The van der Waals surface area contributed by atoms with Gasteiger partial charge < -0.3 is 15.8 Å². The van der Waals surface area contributed by atoms with Crippen LogP contribution in [0.2, 0.25) is 0 Å². The second-order valence-electron chi connectivity index (χ2n) is 2.72. The largest absolute Gasteiger partial charge is 0.480 e. The second kappa shape index (κ2) is 6.62. The van der Waals surface area contributed by atoms with Crippen molar-refractivity contribution in [2.24, 2.45) is 5.73 Å². The van der Waals surface area contributed by atoms with E-state index in [1.54, 1.807) is 6.08 Å². The smallest absolute Gasteiger partial charge is 0.424 e. The minimum Gasteiger partial charge on any atom is -0.424 e. The Morgan fingerprint density at radius 3 is 2.21 bits per heavy atom. The first-order valence-corrected chi connectivity index (χ1v) is 4.05. The van der Waals surface area contributed by atoms with E-state index in [2.05, 4.69) is 0 Å². The fourth-order valence-corrected chi connectivity index (χ4v) is 0.962.